The first kappa shape index (κ1) is 16.2. The highest BCUT2D eigenvalue weighted by Gasteiger charge is 2.29. The van der Waals surface area contributed by atoms with Crippen LogP contribution in [-0.4, -0.2) is 33.8 Å². The zero-order chi connectivity index (χ0) is 15.5. The molecule has 0 unspecified atom stereocenters. The molecule has 6 nitrogen and oxygen atoms in total. The maximum absolute atomic E-state index is 12.1. The largest absolute Gasteiger partial charge is 0.502 e. The summed E-state index contributed by atoms with van der Waals surface area (Å²) in [5, 5.41) is 20.1. The molecule has 1 aromatic carbocycles. The maximum atomic E-state index is 12.1. The standard InChI is InChI=1S/C13H17ClN2O4/c1-13(2,8-14)12(18)15(3)7-9-4-5-11(17)10(6-9)16(19)20/h4-6,17H,7-8H2,1-3H3. The topological polar surface area (TPSA) is 83.7 Å². The lowest BCUT2D eigenvalue weighted by Crippen LogP contribution is -2.39. The predicted octanol–water partition coefficient (Wildman–Crippen LogP) is 2.52. The first-order valence-corrected chi connectivity index (χ1v) is 6.50. The van der Waals surface area contributed by atoms with E-state index in [-0.39, 0.29) is 24.0 Å². The van der Waals surface area contributed by atoms with Gasteiger partial charge < -0.3 is 10.0 Å². The molecule has 0 saturated heterocycles. The van der Waals surface area contributed by atoms with E-state index in [1.165, 1.54) is 17.0 Å². The highest BCUT2D eigenvalue weighted by Crippen LogP contribution is 2.27. The summed E-state index contributed by atoms with van der Waals surface area (Å²) in [4.78, 5) is 23.7. The van der Waals surface area contributed by atoms with E-state index >= 15 is 0 Å². The van der Waals surface area contributed by atoms with Crippen molar-refractivity contribution < 1.29 is 14.8 Å². The third-order valence-corrected chi connectivity index (χ3v) is 3.58. The summed E-state index contributed by atoms with van der Waals surface area (Å²) in [6.07, 6.45) is 0. The Balaban J connectivity index is 2.92. The Kier molecular flexibility index (Phi) is 4.94. The Morgan fingerprint density at radius 1 is 1.50 bits per heavy atom. The second-order valence-electron chi connectivity index (χ2n) is 5.26. The van der Waals surface area contributed by atoms with Gasteiger partial charge in [-0.25, -0.2) is 0 Å². The van der Waals surface area contributed by atoms with E-state index in [0.29, 0.717) is 5.56 Å². The van der Waals surface area contributed by atoms with Crippen LogP contribution >= 0.6 is 11.6 Å². The van der Waals surface area contributed by atoms with E-state index in [9.17, 15) is 20.0 Å². The molecule has 110 valence electrons. The second kappa shape index (κ2) is 6.09. The summed E-state index contributed by atoms with van der Waals surface area (Å²) < 4.78 is 0. The number of rotatable bonds is 5. The molecule has 0 saturated carbocycles. The minimum absolute atomic E-state index is 0.150. The molecule has 1 aromatic rings. The van der Waals surface area contributed by atoms with Gasteiger partial charge in [-0.15, -0.1) is 11.6 Å². The maximum Gasteiger partial charge on any atom is 0.311 e. The number of nitro groups is 1. The van der Waals surface area contributed by atoms with Gasteiger partial charge in [0.05, 0.1) is 10.3 Å². The van der Waals surface area contributed by atoms with Crippen LogP contribution < -0.4 is 0 Å². The summed E-state index contributed by atoms with van der Waals surface area (Å²) >= 11 is 5.75. The zero-order valence-electron chi connectivity index (χ0n) is 11.6. The van der Waals surface area contributed by atoms with Crippen molar-refractivity contribution >= 4 is 23.2 Å². The predicted molar refractivity (Wildman–Crippen MR) is 75.7 cm³/mol. The molecule has 0 fully saturated rings. The van der Waals surface area contributed by atoms with Crippen molar-refractivity contribution in [3.63, 3.8) is 0 Å². The monoisotopic (exact) mass is 300 g/mol. The fraction of sp³-hybridized carbons (Fsp3) is 0.462. The van der Waals surface area contributed by atoms with Crippen LogP contribution in [0.5, 0.6) is 5.75 Å². The first-order chi connectivity index (χ1) is 9.19. The van der Waals surface area contributed by atoms with Crippen molar-refractivity contribution in [1.29, 1.82) is 0 Å². The number of hydrogen-bond acceptors (Lipinski definition) is 4. The molecule has 0 aliphatic heterocycles. The Morgan fingerprint density at radius 3 is 2.60 bits per heavy atom. The molecule has 0 spiro atoms. The molecule has 0 aromatic heterocycles. The van der Waals surface area contributed by atoms with Crippen LogP contribution in [0.1, 0.15) is 19.4 Å². The number of alkyl halides is 1. The van der Waals surface area contributed by atoms with Crippen molar-refractivity contribution in [2.45, 2.75) is 20.4 Å². The molecule has 1 amide bonds. The first-order valence-electron chi connectivity index (χ1n) is 5.97. The van der Waals surface area contributed by atoms with Crippen molar-refractivity contribution in [3.8, 4) is 5.75 Å². The number of hydrogen-bond donors (Lipinski definition) is 1. The van der Waals surface area contributed by atoms with Gasteiger partial charge in [-0.1, -0.05) is 6.07 Å². The molecule has 0 heterocycles. The number of amides is 1. The van der Waals surface area contributed by atoms with E-state index < -0.39 is 16.1 Å². The highest BCUT2D eigenvalue weighted by atomic mass is 35.5. The van der Waals surface area contributed by atoms with Gasteiger partial charge in [-0.05, 0) is 25.5 Å². The number of carbonyl (C=O) groups excluding carboxylic acids is 1. The van der Waals surface area contributed by atoms with Crippen molar-refractivity contribution in [1.82, 2.24) is 4.90 Å². The average molecular weight is 301 g/mol. The molecule has 0 atom stereocenters. The van der Waals surface area contributed by atoms with Crippen LogP contribution in [-0.2, 0) is 11.3 Å². The SMILES string of the molecule is CN(Cc1ccc(O)c([N+](=O)[O-])c1)C(=O)C(C)(C)CCl. The summed E-state index contributed by atoms with van der Waals surface area (Å²) in [6.45, 7) is 3.68. The highest BCUT2D eigenvalue weighted by molar-refractivity contribution is 6.19. The van der Waals surface area contributed by atoms with E-state index in [2.05, 4.69) is 0 Å². The van der Waals surface area contributed by atoms with Gasteiger partial charge in [0, 0.05) is 25.5 Å². The molecule has 0 aliphatic rings. The van der Waals surface area contributed by atoms with Gasteiger partial charge in [0.2, 0.25) is 5.91 Å². The van der Waals surface area contributed by atoms with Crippen molar-refractivity contribution in [3.05, 3.63) is 33.9 Å². The van der Waals surface area contributed by atoms with Crippen LogP contribution in [0.2, 0.25) is 0 Å². The number of phenolic OH excluding ortho intramolecular Hbond substituents is 1. The smallest absolute Gasteiger partial charge is 0.311 e. The van der Waals surface area contributed by atoms with Crippen LogP contribution in [0.3, 0.4) is 0 Å². The molecule has 1 rings (SSSR count). The summed E-state index contributed by atoms with van der Waals surface area (Å²) in [5.41, 5.74) is -0.505. The third kappa shape index (κ3) is 3.60. The number of phenols is 1. The third-order valence-electron chi connectivity index (χ3n) is 2.92. The van der Waals surface area contributed by atoms with Crippen LogP contribution in [0.4, 0.5) is 5.69 Å². The van der Waals surface area contributed by atoms with Gasteiger partial charge in [0.1, 0.15) is 0 Å². The fourth-order valence-corrected chi connectivity index (χ4v) is 1.85. The van der Waals surface area contributed by atoms with Crippen LogP contribution in [0.25, 0.3) is 0 Å². The molecule has 20 heavy (non-hydrogen) atoms. The van der Waals surface area contributed by atoms with E-state index in [4.69, 9.17) is 11.6 Å². The van der Waals surface area contributed by atoms with E-state index in [0.717, 1.165) is 0 Å². The quantitative estimate of drug-likeness (QED) is 0.514. The normalized spacial score (nSPS) is 11.2. The number of benzene rings is 1. The Labute approximate surface area is 122 Å². The molecule has 1 N–H and O–H groups in total. The van der Waals surface area contributed by atoms with E-state index in [1.54, 1.807) is 27.0 Å². The van der Waals surface area contributed by atoms with Crippen molar-refractivity contribution in [2.24, 2.45) is 5.41 Å². The number of carbonyl (C=O) groups is 1. The molecule has 7 heteroatoms. The van der Waals surface area contributed by atoms with Crippen LogP contribution in [0.15, 0.2) is 18.2 Å². The molecular formula is C13H17ClN2O4. The van der Waals surface area contributed by atoms with Crippen molar-refractivity contribution in [2.75, 3.05) is 12.9 Å². The molecule has 0 radical (unpaired) electrons. The van der Waals surface area contributed by atoms with Gasteiger partial charge in [-0.3, -0.25) is 14.9 Å². The molecule has 0 aliphatic carbocycles. The minimum Gasteiger partial charge on any atom is -0.502 e. The Bertz CT molecular complexity index is 531. The van der Waals surface area contributed by atoms with E-state index in [1.807, 2.05) is 0 Å². The summed E-state index contributed by atoms with van der Waals surface area (Å²) in [5.74, 6) is -0.358. The average Bonchev–Trinajstić information content (AvgIpc) is 2.39. The number of aromatic hydroxyl groups is 1. The molecule has 0 bridgehead atoms. The number of nitrogens with zero attached hydrogens (tertiary/aromatic N) is 2. The lowest BCUT2D eigenvalue weighted by molar-refractivity contribution is -0.385. The number of halogens is 1. The second-order valence-corrected chi connectivity index (χ2v) is 5.53. The van der Waals surface area contributed by atoms with Gasteiger partial charge in [0.25, 0.3) is 0 Å². The lowest BCUT2D eigenvalue weighted by Gasteiger charge is -2.27. The van der Waals surface area contributed by atoms with Crippen LogP contribution in [0, 0.1) is 15.5 Å². The lowest BCUT2D eigenvalue weighted by atomic mass is 9.94. The Hall–Kier alpha value is -1.82. The molecular weight excluding hydrogens is 284 g/mol. The minimum atomic E-state index is -0.695. The fourth-order valence-electron chi connectivity index (χ4n) is 1.73. The Morgan fingerprint density at radius 2 is 2.10 bits per heavy atom. The van der Waals surface area contributed by atoms with Gasteiger partial charge >= 0.3 is 5.69 Å². The summed E-state index contributed by atoms with van der Waals surface area (Å²) in [7, 11) is 1.61. The number of nitro benzene ring substituents is 1. The zero-order valence-corrected chi connectivity index (χ0v) is 12.3. The summed E-state index contributed by atoms with van der Waals surface area (Å²) in [6, 6.07) is 4.05. The van der Waals surface area contributed by atoms with Gasteiger partial charge in [-0.2, -0.15) is 0 Å². The van der Waals surface area contributed by atoms with Gasteiger partial charge in [0.15, 0.2) is 5.75 Å².